The van der Waals surface area contributed by atoms with Crippen LogP contribution in [0.15, 0.2) is 18.2 Å². The monoisotopic (exact) mass is 267 g/mol. The summed E-state index contributed by atoms with van der Waals surface area (Å²) in [5.74, 6) is 0.265. The van der Waals surface area contributed by atoms with E-state index in [-0.39, 0.29) is 11.9 Å². The summed E-state index contributed by atoms with van der Waals surface area (Å²) < 4.78 is 24.4. The average molecular weight is 267 g/mol. The second-order valence-electron chi connectivity index (χ2n) is 5.10. The van der Waals surface area contributed by atoms with Gasteiger partial charge in [0.15, 0.2) is 0 Å². The second-order valence-corrected chi connectivity index (χ2v) is 5.10. The first-order valence-corrected chi connectivity index (χ1v) is 6.96. The van der Waals surface area contributed by atoms with E-state index in [9.17, 15) is 4.39 Å². The van der Waals surface area contributed by atoms with Crippen molar-refractivity contribution in [2.24, 2.45) is 5.73 Å². The molecule has 3 nitrogen and oxygen atoms in total. The highest BCUT2D eigenvalue weighted by Gasteiger charge is 2.15. The van der Waals surface area contributed by atoms with Gasteiger partial charge in [-0.1, -0.05) is 6.07 Å². The molecule has 2 rings (SSSR count). The summed E-state index contributed by atoms with van der Waals surface area (Å²) in [6.45, 7) is 3.32. The summed E-state index contributed by atoms with van der Waals surface area (Å²) in [4.78, 5) is 0. The Morgan fingerprint density at radius 3 is 3.05 bits per heavy atom. The topological polar surface area (TPSA) is 44.5 Å². The Labute approximate surface area is 113 Å². The van der Waals surface area contributed by atoms with Gasteiger partial charge >= 0.3 is 0 Å². The maximum atomic E-state index is 13.2. The van der Waals surface area contributed by atoms with Gasteiger partial charge in [0, 0.05) is 24.3 Å². The Bertz CT molecular complexity index is 403. The SMILES string of the molecule is CC(N)c1ccc(F)cc1OCCCC1CCCO1. The van der Waals surface area contributed by atoms with Gasteiger partial charge in [0.1, 0.15) is 11.6 Å². The van der Waals surface area contributed by atoms with Crippen LogP contribution in [0.2, 0.25) is 0 Å². The highest BCUT2D eigenvalue weighted by molar-refractivity contribution is 5.36. The summed E-state index contributed by atoms with van der Waals surface area (Å²) in [5.41, 5.74) is 6.69. The van der Waals surface area contributed by atoms with Gasteiger partial charge in [0.05, 0.1) is 12.7 Å². The minimum atomic E-state index is -0.293. The molecule has 0 bridgehead atoms. The van der Waals surface area contributed by atoms with Crippen molar-refractivity contribution in [3.63, 3.8) is 0 Å². The zero-order valence-electron chi connectivity index (χ0n) is 11.4. The molecule has 1 saturated heterocycles. The van der Waals surface area contributed by atoms with Crippen LogP contribution in [0.3, 0.4) is 0 Å². The molecular formula is C15H22FNO2. The number of ether oxygens (including phenoxy) is 2. The molecule has 0 aromatic heterocycles. The van der Waals surface area contributed by atoms with Crippen LogP contribution in [0.25, 0.3) is 0 Å². The van der Waals surface area contributed by atoms with E-state index in [1.165, 1.54) is 12.1 Å². The summed E-state index contributed by atoms with van der Waals surface area (Å²) in [6.07, 6.45) is 4.60. The van der Waals surface area contributed by atoms with Gasteiger partial charge in [0.2, 0.25) is 0 Å². The first-order valence-electron chi connectivity index (χ1n) is 6.96. The van der Waals surface area contributed by atoms with Crippen LogP contribution in [0.1, 0.15) is 44.2 Å². The second kappa shape index (κ2) is 6.87. The third kappa shape index (κ3) is 4.18. The highest BCUT2D eigenvalue weighted by Crippen LogP contribution is 2.25. The van der Waals surface area contributed by atoms with E-state index in [0.29, 0.717) is 18.5 Å². The fraction of sp³-hybridized carbons (Fsp3) is 0.600. The van der Waals surface area contributed by atoms with Gasteiger partial charge in [-0.25, -0.2) is 4.39 Å². The fourth-order valence-electron chi connectivity index (χ4n) is 2.37. The molecule has 1 aliphatic heterocycles. The Kier molecular flexibility index (Phi) is 5.16. The molecule has 2 N–H and O–H groups in total. The lowest BCUT2D eigenvalue weighted by Crippen LogP contribution is -2.11. The summed E-state index contributed by atoms with van der Waals surface area (Å²) in [5, 5.41) is 0. The molecule has 0 amide bonds. The number of benzene rings is 1. The van der Waals surface area contributed by atoms with E-state index in [4.69, 9.17) is 15.2 Å². The van der Waals surface area contributed by atoms with Crippen molar-refractivity contribution < 1.29 is 13.9 Å². The van der Waals surface area contributed by atoms with E-state index < -0.39 is 0 Å². The molecule has 106 valence electrons. The Balaban J connectivity index is 1.82. The first kappa shape index (κ1) is 14.3. The summed E-state index contributed by atoms with van der Waals surface area (Å²) in [7, 11) is 0. The number of hydrogen-bond acceptors (Lipinski definition) is 3. The zero-order chi connectivity index (χ0) is 13.7. The van der Waals surface area contributed by atoms with E-state index in [1.54, 1.807) is 6.07 Å². The third-order valence-corrected chi connectivity index (χ3v) is 3.42. The number of halogens is 1. The van der Waals surface area contributed by atoms with E-state index >= 15 is 0 Å². The number of rotatable bonds is 6. The van der Waals surface area contributed by atoms with Crippen LogP contribution in [0, 0.1) is 5.82 Å². The molecule has 2 unspecified atom stereocenters. The van der Waals surface area contributed by atoms with Crippen LogP contribution in [-0.4, -0.2) is 19.3 Å². The normalized spacial score (nSPS) is 20.5. The van der Waals surface area contributed by atoms with Gasteiger partial charge in [-0.05, 0) is 38.7 Å². The molecule has 0 saturated carbocycles. The van der Waals surface area contributed by atoms with Crippen LogP contribution < -0.4 is 10.5 Å². The largest absolute Gasteiger partial charge is 0.493 e. The van der Waals surface area contributed by atoms with E-state index in [0.717, 1.165) is 37.9 Å². The molecule has 1 fully saturated rings. The smallest absolute Gasteiger partial charge is 0.126 e. The quantitative estimate of drug-likeness (QED) is 0.805. The Morgan fingerprint density at radius 2 is 2.37 bits per heavy atom. The summed E-state index contributed by atoms with van der Waals surface area (Å²) >= 11 is 0. The molecule has 2 atom stereocenters. The van der Waals surface area contributed by atoms with Crippen LogP contribution in [0.5, 0.6) is 5.75 Å². The first-order chi connectivity index (χ1) is 9.16. The Hall–Kier alpha value is -1.13. The predicted molar refractivity (Wildman–Crippen MR) is 72.7 cm³/mol. The van der Waals surface area contributed by atoms with Crippen molar-refractivity contribution in [1.29, 1.82) is 0 Å². The lowest BCUT2D eigenvalue weighted by molar-refractivity contribution is 0.0980. The molecule has 19 heavy (non-hydrogen) atoms. The lowest BCUT2D eigenvalue weighted by atomic mass is 10.1. The summed E-state index contributed by atoms with van der Waals surface area (Å²) in [6, 6.07) is 4.35. The molecular weight excluding hydrogens is 245 g/mol. The van der Waals surface area contributed by atoms with Crippen LogP contribution >= 0.6 is 0 Å². The fourth-order valence-corrected chi connectivity index (χ4v) is 2.37. The van der Waals surface area contributed by atoms with Crippen molar-refractivity contribution in [2.45, 2.75) is 44.8 Å². The minimum absolute atomic E-state index is 0.159. The average Bonchev–Trinajstić information content (AvgIpc) is 2.87. The van der Waals surface area contributed by atoms with Crippen LogP contribution in [-0.2, 0) is 4.74 Å². The molecule has 1 aliphatic rings. The maximum absolute atomic E-state index is 13.2. The van der Waals surface area contributed by atoms with Crippen LogP contribution in [0.4, 0.5) is 4.39 Å². The molecule has 4 heteroatoms. The van der Waals surface area contributed by atoms with Crippen molar-refractivity contribution in [1.82, 2.24) is 0 Å². The number of nitrogens with two attached hydrogens (primary N) is 1. The molecule has 1 aromatic carbocycles. The van der Waals surface area contributed by atoms with Gasteiger partial charge in [-0.15, -0.1) is 0 Å². The van der Waals surface area contributed by atoms with Crippen molar-refractivity contribution >= 4 is 0 Å². The number of hydrogen-bond donors (Lipinski definition) is 1. The van der Waals surface area contributed by atoms with E-state index in [1.807, 2.05) is 6.92 Å². The van der Waals surface area contributed by atoms with E-state index in [2.05, 4.69) is 0 Å². The van der Waals surface area contributed by atoms with Gasteiger partial charge < -0.3 is 15.2 Å². The molecule has 0 aliphatic carbocycles. The van der Waals surface area contributed by atoms with Gasteiger partial charge in [0.25, 0.3) is 0 Å². The Morgan fingerprint density at radius 1 is 1.53 bits per heavy atom. The van der Waals surface area contributed by atoms with Crippen molar-refractivity contribution in [2.75, 3.05) is 13.2 Å². The predicted octanol–water partition coefficient (Wildman–Crippen LogP) is 3.18. The van der Waals surface area contributed by atoms with Crippen molar-refractivity contribution in [3.8, 4) is 5.75 Å². The lowest BCUT2D eigenvalue weighted by Gasteiger charge is -2.15. The van der Waals surface area contributed by atoms with Gasteiger partial charge in [-0.3, -0.25) is 0 Å². The third-order valence-electron chi connectivity index (χ3n) is 3.42. The zero-order valence-corrected chi connectivity index (χ0v) is 11.4. The molecule has 1 aromatic rings. The maximum Gasteiger partial charge on any atom is 0.126 e. The molecule has 0 radical (unpaired) electrons. The standard InChI is InChI=1S/C15H22FNO2/c1-11(17)14-7-6-12(16)10-15(14)19-9-3-5-13-4-2-8-18-13/h6-7,10-11,13H,2-5,8-9,17H2,1H3. The highest BCUT2D eigenvalue weighted by atomic mass is 19.1. The van der Waals surface area contributed by atoms with Gasteiger partial charge in [-0.2, -0.15) is 0 Å². The van der Waals surface area contributed by atoms with Crippen molar-refractivity contribution in [3.05, 3.63) is 29.6 Å². The molecule has 0 spiro atoms. The minimum Gasteiger partial charge on any atom is -0.493 e. The molecule has 1 heterocycles.